The van der Waals surface area contributed by atoms with E-state index in [2.05, 4.69) is 9.98 Å². The van der Waals surface area contributed by atoms with Crippen molar-refractivity contribution < 1.29 is 9.53 Å². The number of aliphatic imine (C=N–C) groups is 1. The molecule has 4 rings (SSSR count). The number of carbonyl (C=O) groups excluding carboxylic acids is 1. The number of nitrogens with zero attached hydrogens (tertiary/aromatic N) is 3. The molecular formula is C23H20N4O2. The van der Waals surface area contributed by atoms with Gasteiger partial charge >= 0.3 is 0 Å². The van der Waals surface area contributed by atoms with E-state index in [0.717, 1.165) is 16.5 Å². The zero-order valence-corrected chi connectivity index (χ0v) is 15.7. The summed E-state index contributed by atoms with van der Waals surface area (Å²) >= 11 is 0. The van der Waals surface area contributed by atoms with Gasteiger partial charge in [0.25, 0.3) is 5.91 Å². The van der Waals surface area contributed by atoms with E-state index in [0.29, 0.717) is 18.0 Å². The number of nitrogens with two attached hydrogens (primary N) is 1. The van der Waals surface area contributed by atoms with E-state index in [1.165, 1.54) is 0 Å². The van der Waals surface area contributed by atoms with Gasteiger partial charge in [-0.15, -0.1) is 0 Å². The summed E-state index contributed by atoms with van der Waals surface area (Å²) in [5.74, 6) is 0.200. The predicted molar refractivity (Wildman–Crippen MR) is 115 cm³/mol. The molecule has 0 saturated carbocycles. The first kappa shape index (κ1) is 18.4. The van der Waals surface area contributed by atoms with Crippen LogP contribution in [-0.2, 0) is 4.79 Å². The zero-order chi connectivity index (χ0) is 20.1. The molecule has 2 N–H and O–H groups in total. The molecule has 2 aliphatic rings. The second kappa shape index (κ2) is 8.39. The summed E-state index contributed by atoms with van der Waals surface area (Å²) in [6.45, 7) is 0.465. The minimum atomic E-state index is -0.507. The number of fused-ring (bicyclic) bond motifs is 3. The molecule has 4 bridgehead atoms. The Kier molecular flexibility index (Phi) is 5.33. The molecule has 3 heterocycles. The largest absolute Gasteiger partial charge is 0.484 e. The Bertz CT molecular complexity index is 1110. The van der Waals surface area contributed by atoms with Gasteiger partial charge in [-0.05, 0) is 35.9 Å². The maximum atomic E-state index is 11.8. The Balaban J connectivity index is 1.76. The Morgan fingerprint density at radius 3 is 2.90 bits per heavy atom. The highest BCUT2D eigenvalue weighted by molar-refractivity contribution is 5.92. The number of primary amides is 1. The van der Waals surface area contributed by atoms with Gasteiger partial charge < -0.3 is 15.4 Å². The number of aromatic nitrogens is 1. The third-order valence-electron chi connectivity index (χ3n) is 4.52. The third kappa shape index (κ3) is 4.32. The number of ether oxygens (including phenoxy) is 1. The summed E-state index contributed by atoms with van der Waals surface area (Å²) in [5, 5.41) is 0.909. The molecule has 1 amide bonds. The van der Waals surface area contributed by atoms with Gasteiger partial charge in [0.1, 0.15) is 17.6 Å². The molecule has 1 aromatic heterocycles. The number of benzene rings is 1. The molecule has 0 spiro atoms. The van der Waals surface area contributed by atoms with E-state index in [1.54, 1.807) is 35.8 Å². The van der Waals surface area contributed by atoms with Crippen molar-refractivity contribution in [2.45, 2.75) is 6.10 Å². The molecule has 0 radical (unpaired) electrons. The van der Waals surface area contributed by atoms with Gasteiger partial charge in [-0.25, -0.2) is 0 Å². The number of hydrogen-bond acceptors (Lipinski definition) is 5. The average Bonchev–Trinajstić information content (AvgIpc) is 3.12. The number of allylic oxidation sites excluding steroid dienone is 5. The first-order valence-electron chi connectivity index (χ1n) is 9.24. The van der Waals surface area contributed by atoms with Crippen LogP contribution in [0.25, 0.3) is 17.0 Å². The van der Waals surface area contributed by atoms with Crippen molar-refractivity contribution >= 4 is 29.1 Å². The lowest BCUT2D eigenvalue weighted by Crippen LogP contribution is -2.27. The van der Waals surface area contributed by atoms with Crippen LogP contribution in [0.5, 0.6) is 5.75 Å². The topological polar surface area (TPSA) is 80.8 Å². The Hall–Kier alpha value is -3.93. The van der Waals surface area contributed by atoms with Crippen LogP contribution in [0.15, 0.2) is 90.0 Å². The molecule has 6 nitrogen and oxygen atoms in total. The highest BCUT2D eigenvalue weighted by Crippen LogP contribution is 2.28. The summed E-state index contributed by atoms with van der Waals surface area (Å²) in [6.07, 6.45) is 19.7. The van der Waals surface area contributed by atoms with Crippen molar-refractivity contribution in [1.29, 1.82) is 0 Å². The van der Waals surface area contributed by atoms with Crippen molar-refractivity contribution in [1.82, 2.24) is 9.88 Å². The Morgan fingerprint density at radius 1 is 1.14 bits per heavy atom. The van der Waals surface area contributed by atoms with Crippen molar-refractivity contribution in [3.05, 3.63) is 90.6 Å². The lowest BCUT2D eigenvalue weighted by Gasteiger charge is -2.18. The predicted octanol–water partition coefficient (Wildman–Crippen LogP) is 3.35. The van der Waals surface area contributed by atoms with Crippen LogP contribution in [0.2, 0.25) is 0 Å². The number of carbonyl (C=O) groups is 1. The number of rotatable bonds is 1. The van der Waals surface area contributed by atoms with Gasteiger partial charge in [0.2, 0.25) is 0 Å². The molecule has 2 aromatic rings. The van der Waals surface area contributed by atoms with Crippen LogP contribution >= 0.6 is 0 Å². The molecule has 144 valence electrons. The van der Waals surface area contributed by atoms with Crippen molar-refractivity contribution in [3.8, 4) is 5.75 Å². The number of amides is 1. The Labute approximate surface area is 168 Å². The maximum absolute atomic E-state index is 11.8. The minimum Gasteiger partial charge on any atom is -0.484 e. The molecule has 1 atom stereocenters. The number of pyridine rings is 1. The van der Waals surface area contributed by atoms with Crippen molar-refractivity contribution in [2.75, 3.05) is 6.54 Å². The van der Waals surface area contributed by atoms with Crippen LogP contribution in [0.1, 0.15) is 5.56 Å². The minimum absolute atomic E-state index is 0.322. The second-order valence-electron chi connectivity index (χ2n) is 6.54. The number of hydrogen-bond donors (Lipinski definition) is 1. The molecule has 0 fully saturated rings. The monoisotopic (exact) mass is 384 g/mol. The molecule has 1 aromatic carbocycles. The van der Waals surface area contributed by atoms with E-state index >= 15 is 0 Å². The molecule has 29 heavy (non-hydrogen) atoms. The Morgan fingerprint density at radius 2 is 2.00 bits per heavy atom. The van der Waals surface area contributed by atoms with Gasteiger partial charge in [-0.2, -0.15) is 0 Å². The molecular weight excluding hydrogens is 364 g/mol. The fraction of sp³-hybridized carbons (Fsp3) is 0.0870. The lowest BCUT2D eigenvalue weighted by molar-refractivity contribution is -0.115. The van der Waals surface area contributed by atoms with E-state index in [4.69, 9.17) is 10.5 Å². The van der Waals surface area contributed by atoms with Crippen LogP contribution in [-0.4, -0.2) is 34.7 Å². The highest BCUT2D eigenvalue weighted by atomic mass is 16.5. The van der Waals surface area contributed by atoms with E-state index in [9.17, 15) is 4.79 Å². The normalized spacial score (nSPS) is 24.1. The van der Waals surface area contributed by atoms with Crippen molar-refractivity contribution in [3.63, 3.8) is 0 Å². The third-order valence-corrected chi connectivity index (χ3v) is 4.52. The van der Waals surface area contributed by atoms with Gasteiger partial charge in [-0.3, -0.25) is 14.8 Å². The molecule has 0 saturated heterocycles. The second-order valence-corrected chi connectivity index (χ2v) is 6.54. The summed E-state index contributed by atoms with van der Waals surface area (Å²) in [7, 11) is 0. The molecule has 1 unspecified atom stereocenters. The first-order valence-corrected chi connectivity index (χ1v) is 9.24. The van der Waals surface area contributed by atoms with Gasteiger partial charge in [-0.1, -0.05) is 36.4 Å². The zero-order valence-electron chi connectivity index (χ0n) is 15.7. The quantitative estimate of drug-likeness (QED) is 0.818. The van der Waals surface area contributed by atoms with E-state index in [-0.39, 0.29) is 6.10 Å². The maximum Gasteiger partial charge on any atom is 0.265 e. The van der Waals surface area contributed by atoms with E-state index < -0.39 is 5.91 Å². The summed E-state index contributed by atoms with van der Waals surface area (Å²) < 4.78 is 6.21. The van der Waals surface area contributed by atoms with Gasteiger partial charge in [0, 0.05) is 30.2 Å². The summed E-state index contributed by atoms with van der Waals surface area (Å²) in [5.41, 5.74) is 7.81. The molecule has 6 heteroatoms. The molecule has 0 aliphatic carbocycles. The SMILES string of the molecule is NC(=O)C1=CC2CN1\C=C/N=C\C=C/C=C\C=C/c1ccc3nccc(c3c1)O2. The highest BCUT2D eigenvalue weighted by Gasteiger charge is 2.27. The fourth-order valence-electron chi connectivity index (χ4n) is 3.19. The average molecular weight is 384 g/mol. The summed E-state index contributed by atoms with van der Waals surface area (Å²) in [6, 6.07) is 7.85. The van der Waals surface area contributed by atoms with Crippen LogP contribution in [0.3, 0.4) is 0 Å². The lowest BCUT2D eigenvalue weighted by atomic mass is 10.1. The van der Waals surface area contributed by atoms with Gasteiger partial charge in [0.15, 0.2) is 0 Å². The van der Waals surface area contributed by atoms with Crippen LogP contribution in [0, 0.1) is 0 Å². The smallest absolute Gasteiger partial charge is 0.265 e. The van der Waals surface area contributed by atoms with Crippen LogP contribution < -0.4 is 10.5 Å². The molecule has 2 aliphatic heterocycles. The van der Waals surface area contributed by atoms with E-state index in [1.807, 2.05) is 60.7 Å². The van der Waals surface area contributed by atoms with Crippen molar-refractivity contribution in [2.24, 2.45) is 10.7 Å². The first-order chi connectivity index (χ1) is 14.2. The summed E-state index contributed by atoms with van der Waals surface area (Å²) in [4.78, 5) is 22.2. The van der Waals surface area contributed by atoms with Crippen LogP contribution in [0.4, 0.5) is 0 Å². The fourth-order valence-corrected chi connectivity index (χ4v) is 3.19. The standard InChI is InChI=1S/C23H20N4O2/c24-23(28)21-15-18-16-27(21)13-12-25-10-5-3-1-2-4-6-17-7-8-20-19(14-17)22(29-18)9-11-26-20/h1-15,18H,16H2,(H2,24,28)/b2-1-,5-3-,6-4-,13-12-,25-10-. The van der Waals surface area contributed by atoms with Gasteiger partial charge in [0.05, 0.1) is 12.1 Å².